The number of rotatable bonds is 2. The molecule has 1 heterocycles. The topological polar surface area (TPSA) is 112 Å². The third-order valence-electron chi connectivity index (χ3n) is 1.69. The molecular weight excluding hydrogens is 344 g/mol. The zero-order valence-corrected chi connectivity index (χ0v) is 11.3. The average Bonchev–Trinajstić information content (AvgIpc) is 2.66. The van der Waals surface area contributed by atoms with Crippen LogP contribution in [-0.4, -0.2) is 24.3 Å². The Hall–Kier alpha value is -1.70. The summed E-state index contributed by atoms with van der Waals surface area (Å²) in [6, 6.07) is 3.90. The van der Waals surface area contributed by atoms with Gasteiger partial charge in [0.2, 0.25) is 0 Å². The van der Waals surface area contributed by atoms with Gasteiger partial charge in [0.1, 0.15) is 5.75 Å². The quantitative estimate of drug-likeness (QED) is 0.632. The molecule has 3 N–H and O–H groups in total. The molecule has 0 atom stereocenters. The maximum Gasteiger partial charge on any atom is 0.573 e. The van der Waals surface area contributed by atoms with E-state index in [2.05, 4.69) is 9.72 Å². The standard InChI is InChI=1S/C8H5F3N2OS.FHO4S/c9-8(10,11)14-4-1-2-5-6(3-4)15-7(12)13-5;1-5-6(2,3)4/h1-3H,(H2,12,13);(H,2,3,4). The van der Waals surface area contributed by atoms with Crippen molar-refractivity contribution in [2.45, 2.75) is 6.36 Å². The number of nitrogens with two attached hydrogens (primary N) is 1. The summed E-state index contributed by atoms with van der Waals surface area (Å²) < 4.78 is 77.2. The Bertz CT molecular complexity index is 715. The number of ether oxygens (including phenoxy) is 1. The molecule has 0 saturated carbocycles. The second-order valence-electron chi connectivity index (χ2n) is 3.22. The lowest BCUT2D eigenvalue weighted by atomic mass is 10.3. The first-order chi connectivity index (χ1) is 9.50. The Labute approximate surface area is 118 Å². The fourth-order valence-electron chi connectivity index (χ4n) is 1.12. The summed E-state index contributed by atoms with van der Waals surface area (Å²) in [6.07, 6.45) is -4.68. The molecule has 1 aromatic carbocycles. The van der Waals surface area contributed by atoms with Gasteiger partial charge in [-0.25, -0.2) is 4.98 Å². The number of fused-ring (bicyclic) bond motifs is 1. The maximum absolute atomic E-state index is 11.9. The van der Waals surface area contributed by atoms with Crippen molar-refractivity contribution in [1.82, 2.24) is 4.98 Å². The van der Waals surface area contributed by atoms with Crippen LogP contribution in [0.2, 0.25) is 0 Å². The van der Waals surface area contributed by atoms with E-state index in [1.165, 1.54) is 18.2 Å². The molecule has 7 nitrogen and oxygen atoms in total. The van der Waals surface area contributed by atoms with Gasteiger partial charge in [0.25, 0.3) is 0 Å². The van der Waals surface area contributed by atoms with E-state index >= 15 is 0 Å². The van der Waals surface area contributed by atoms with Crippen molar-refractivity contribution < 1.29 is 39.8 Å². The molecule has 21 heavy (non-hydrogen) atoms. The second-order valence-corrected chi connectivity index (χ2v) is 5.26. The molecule has 0 unspecified atom stereocenters. The van der Waals surface area contributed by atoms with E-state index < -0.39 is 16.8 Å². The summed E-state index contributed by atoms with van der Waals surface area (Å²) in [7, 11) is -4.83. The van der Waals surface area contributed by atoms with Gasteiger partial charge in [0, 0.05) is 6.07 Å². The average molecular weight is 350 g/mol. The fraction of sp³-hybridized carbons (Fsp3) is 0.125. The van der Waals surface area contributed by atoms with Gasteiger partial charge in [0.05, 0.1) is 10.2 Å². The zero-order chi connectivity index (χ0) is 16.3. The summed E-state index contributed by atoms with van der Waals surface area (Å²) in [5.41, 5.74) is 5.97. The lowest BCUT2D eigenvalue weighted by Gasteiger charge is -2.07. The summed E-state index contributed by atoms with van der Waals surface area (Å²) >= 11 is 1.11. The minimum atomic E-state index is -4.83. The minimum absolute atomic E-state index is 0.265. The molecule has 0 spiro atoms. The molecule has 118 valence electrons. The summed E-state index contributed by atoms with van der Waals surface area (Å²) in [5, 5.41) is 0.314. The molecule has 2 aromatic rings. The van der Waals surface area contributed by atoms with Crippen LogP contribution in [0.15, 0.2) is 18.2 Å². The Morgan fingerprint density at radius 2 is 1.90 bits per heavy atom. The van der Waals surface area contributed by atoms with E-state index in [0.717, 1.165) is 11.3 Å². The zero-order valence-electron chi connectivity index (χ0n) is 9.67. The molecule has 0 aliphatic rings. The van der Waals surface area contributed by atoms with E-state index in [4.69, 9.17) is 18.7 Å². The van der Waals surface area contributed by atoms with Crippen molar-refractivity contribution in [3.8, 4) is 5.75 Å². The van der Waals surface area contributed by atoms with Gasteiger partial charge >= 0.3 is 16.8 Å². The van der Waals surface area contributed by atoms with Crippen LogP contribution >= 0.6 is 11.3 Å². The smallest absolute Gasteiger partial charge is 0.406 e. The van der Waals surface area contributed by atoms with Gasteiger partial charge in [-0.15, -0.1) is 13.2 Å². The van der Waals surface area contributed by atoms with Gasteiger partial charge in [-0.3, -0.25) is 4.55 Å². The SMILES string of the molecule is Nc1nc2ccc(OC(F)(F)F)cc2s1.O=S(=O)(O)OF. The molecule has 0 saturated heterocycles. The predicted octanol–water partition coefficient (Wildman–Crippen LogP) is 2.47. The molecular formula is C8H6F4N2O5S2. The molecule has 0 fully saturated rings. The third kappa shape index (κ3) is 6.52. The van der Waals surface area contributed by atoms with E-state index in [9.17, 15) is 17.7 Å². The molecule has 2 rings (SSSR count). The van der Waals surface area contributed by atoms with E-state index in [1.54, 1.807) is 0 Å². The summed E-state index contributed by atoms with van der Waals surface area (Å²) in [5.74, 6) is -0.265. The van der Waals surface area contributed by atoms with Crippen LogP contribution in [0, 0.1) is 0 Å². The van der Waals surface area contributed by atoms with Gasteiger partial charge in [-0.05, 0) is 21.0 Å². The highest BCUT2D eigenvalue weighted by Gasteiger charge is 2.31. The Kier molecular flexibility index (Phi) is 5.27. The predicted molar refractivity (Wildman–Crippen MR) is 64.5 cm³/mol. The van der Waals surface area contributed by atoms with Gasteiger partial charge < -0.3 is 10.5 Å². The lowest BCUT2D eigenvalue weighted by Crippen LogP contribution is -2.16. The molecule has 0 amide bonds. The van der Waals surface area contributed by atoms with Crippen LogP contribution in [0.3, 0.4) is 0 Å². The number of halogens is 4. The Morgan fingerprint density at radius 3 is 2.38 bits per heavy atom. The number of hydrogen-bond donors (Lipinski definition) is 2. The highest BCUT2D eigenvalue weighted by molar-refractivity contribution is 7.80. The Morgan fingerprint density at radius 1 is 1.33 bits per heavy atom. The number of benzene rings is 1. The summed E-state index contributed by atoms with van der Waals surface area (Å²) in [6.45, 7) is 0. The number of hydrogen-bond acceptors (Lipinski definition) is 7. The number of nitrogen functional groups attached to an aromatic ring is 1. The van der Waals surface area contributed by atoms with Crippen molar-refractivity contribution in [2.75, 3.05) is 5.73 Å². The highest BCUT2D eigenvalue weighted by atomic mass is 32.3. The number of anilines is 1. The van der Waals surface area contributed by atoms with Gasteiger partial charge in [0.15, 0.2) is 5.13 Å². The molecule has 0 aliphatic carbocycles. The number of aromatic nitrogens is 1. The monoisotopic (exact) mass is 350 g/mol. The number of alkyl halides is 3. The normalized spacial score (nSPS) is 11.9. The maximum atomic E-state index is 11.9. The molecule has 13 heteroatoms. The van der Waals surface area contributed by atoms with Crippen LogP contribution in [0.4, 0.5) is 22.8 Å². The highest BCUT2D eigenvalue weighted by Crippen LogP contribution is 2.30. The van der Waals surface area contributed by atoms with Crippen LogP contribution in [0.1, 0.15) is 0 Å². The van der Waals surface area contributed by atoms with Gasteiger partial charge in [-0.2, -0.15) is 8.42 Å². The first-order valence-electron chi connectivity index (χ1n) is 4.69. The van der Waals surface area contributed by atoms with Crippen molar-refractivity contribution >= 4 is 37.1 Å². The van der Waals surface area contributed by atoms with Crippen LogP contribution in [-0.2, 0) is 14.8 Å². The van der Waals surface area contributed by atoms with Crippen molar-refractivity contribution in [2.24, 2.45) is 0 Å². The van der Waals surface area contributed by atoms with Gasteiger partial charge in [-0.1, -0.05) is 11.3 Å². The number of thiazole rings is 1. The van der Waals surface area contributed by atoms with Crippen LogP contribution in [0.25, 0.3) is 10.2 Å². The lowest BCUT2D eigenvalue weighted by molar-refractivity contribution is -0.274. The molecule has 1 aromatic heterocycles. The van der Waals surface area contributed by atoms with E-state index in [-0.39, 0.29) is 5.75 Å². The van der Waals surface area contributed by atoms with Crippen molar-refractivity contribution in [3.05, 3.63) is 18.2 Å². The fourth-order valence-corrected chi connectivity index (χ4v) is 1.88. The first kappa shape index (κ1) is 17.4. The Balaban J connectivity index is 0.000000315. The molecule has 0 radical (unpaired) electrons. The van der Waals surface area contributed by atoms with Crippen LogP contribution < -0.4 is 10.5 Å². The second kappa shape index (κ2) is 6.38. The minimum Gasteiger partial charge on any atom is -0.406 e. The molecule has 0 bridgehead atoms. The largest absolute Gasteiger partial charge is 0.573 e. The van der Waals surface area contributed by atoms with Crippen LogP contribution in [0.5, 0.6) is 5.75 Å². The third-order valence-corrected chi connectivity index (χ3v) is 2.70. The van der Waals surface area contributed by atoms with Crippen molar-refractivity contribution in [3.63, 3.8) is 0 Å². The summed E-state index contributed by atoms with van der Waals surface area (Å²) in [4.78, 5) is 3.91. The first-order valence-corrected chi connectivity index (χ1v) is 6.88. The van der Waals surface area contributed by atoms with Crippen molar-refractivity contribution in [1.29, 1.82) is 0 Å². The number of nitrogens with zero attached hydrogens (tertiary/aromatic N) is 1. The molecule has 0 aliphatic heterocycles. The van der Waals surface area contributed by atoms with E-state index in [1.807, 2.05) is 4.39 Å². The van der Waals surface area contributed by atoms with E-state index in [0.29, 0.717) is 15.3 Å².